The van der Waals surface area contributed by atoms with Crippen LogP contribution in [0.4, 0.5) is 16.0 Å². The van der Waals surface area contributed by atoms with Gasteiger partial charge in [-0.2, -0.15) is 0 Å². The van der Waals surface area contributed by atoms with Crippen molar-refractivity contribution in [3.05, 3.63) is 48.0 Å². The Balaban J connectivity index is 1.64. The molecule has 0 bridgehead atoms. The van der Waals surface area contributed by atoms with E-state index in [-0.39, 0.29) is 11.7 Å². The number of benzene rings is 1. The summed E-state index contributed by atoms with van der Waals surface area (Å²) in [6.07, 6.45) is 5.32. The van der Waals surface area contributed by atoms with Crippen LogP contribution >= 0.6 is 0 Å². The molecule has 1 amide bonds. The van der Waals surface area contributed by atoms with Crippen molar-refractivity contribution in [3.63, 3.8) is 0 Å². The van der Waals surface area contributed by atoms with E-state index in [0.717, 1.165) is 31.8 Å². The van der Waals surface area contributed by atoms with Crippen LogP contribution < -0.4 is 10.2 Å². The first-order chi connectivity index (χ1) is 11.1. The third kappa shape index (κ3) is 3.83. The Labute approximate surface area is 134 Å². The lowest BCUT2D eigenvalue weighted by molar-refractivity contribution is 0.102. The van der Waals surface area contributed by atoms with Gasteiger partial charge in [-0.05, 0) is 43.0 Å². The molecule has 1 saturated heterocycles. The summed E-state index contributed by atoms with van der Waals surface area (Å²) in [6.45, 7) is 4.14. The first-order valence-electron chi connectivity index (χ1n) is 7.76. The first kappa shape index (κ1) is 15.4. The zero-order valence-corrected chi connectivity index (χ0v) is 13.0. The number of carbonyl (C=O) groups is 1. The van der Waals surface area contributed by atoms with E-state index in [1.807, 2.05) is 0 Å². The van der Waals surface area contributed by atoms with Crippen LogP contribution in [0.3, 0.4) is 0 Å². The predicted octanol–water partition coefficient (Wildman–Crippen LogP) is 3.10. The lowest BCUT2D eigenvalue weighted by Crippen LogP contribution is -2.34. The highest BCUT2D eigenvalue weighted by Crippen LogP contribution is 2.19. The van der Waals surface area contributed by atoms with Crippen molar-refractivity contribution in [2.75, 3.05) is 23.3 Å². The number of halogens is 1. The zero-order chi connectivity index (χ0) is 16.2. The molecule has 0 atom stereocenters. The van der Waals surface area contributed by atoms with Gasteiger partial charge in [0.15, 0.2) is 0 Å². The third-order valence-corrected chi connectivity index (χ3v) is 4.07. The number of piperidine rings is 1. The Bertz CT molecular complexity index is 664. The monoisotopic (exact) mass is 314 g/mol. The molecule has 3 rings (SSSR count). The SMILES string of the molecule is CC1CCN(c2ncc(C(=O)Nc3ccc(F)cc3)cn2)CC1. The van der Waals surface area contributed by atoms with Gasteiger partial charge in [0, 0.05) is 31.2 Å². The largest absolute Gasteiger partial charge is 0.341 e. The molecule has 0 spiro atoms. The highest BCUT2D eigenvalue weighted by atomic mass is 19.1. The molecular weight excluding hydrogens is 295 g/mol. The fourth-order valence-corrected chi connectivity index (χ4v) is 2.55. The number of aromatic nitrogens is 2. The van der Waals surface area contributed by atoms with E-state index in [1.165, 1.54) is 36.7 Å². The quantitative estimate of drug-likeness (QED) is 0.946. The molecule has 23 heavy (non-hydrogen) atoms. The summed E-state index contributed by atoms with van der Waals surface area (Å²) in [6, 6.07) is 5.62. The van der Waals surface area contributed by atoms with E-state index in [0.29, 0.717) is 17.2 Å². The molecule has 1 aromatic heterocycles. The summed E-state index contributed by atoms with van der Waals surface area (Å²) in [4.78, 5) is 22.9. The fourth-order valence-electron chi connectivity index (χ4n) is 2.55. The molecule has 6 heteroatoms. The second kappa shape index (κ2) is 6.73. The summed E-state index contributed by atoms with van der Waals surface area (Å²) in [7, 11) is 0. The van der Waals surface area contributed by atoms with E-state index in [2.05, 4.69) is 27.1 Å². The Kier molecular flexibility index (Phi) is 4.50. The molecule has 0 radical (unpaired) electrons. The van der Waals surface area contributed by atoms with Gasteiger partial charge in [0.25, 0.3) is 5.91 Å². The third-order valence-electron chi connectivity index (χ3n) is 4.07. The van der Waals surface area contributed by atoms with Gasteiger partial charge in [-0.3, -0.25) is 4.79 Å². The van der Waals surface area contributed by atoms with Gasteiger partial charge in [0.1, 0.15) is 5.82 Å². The van der Waals surface area contributed by atoms with Crippen molar-refractivity contribution in [1.82, 2.24) is 9.97 Å². The molecule has 0 saturated carbocycles. The molecule has 120 valence electrons. The maximum Gasteiger partial charge on any atom is 0.258 e. The summed E-state index contributed by atoms with van der Waals surface area (Å²) in [5.74, 6) is 0.754. The van der Waals surface area contributed by atoms with Crippen molar-refractivity contribution in [3.8, 4) is 0 Å². The summed E-state index contributed by atoms with van der Waals surface area (Å²) < 4.78 is 12.9. The summed E-state index contributed by atoms with van der Waals surface area (Å²) >= 11 is 0. The first-order valence-corrected chi connectivity index (χ1v) is 7.76. The predicted molar refractivity (Wildman–Crippen MR) is 87.0 cm³/mol. The number of rotatable bonds is 3. The zero-order valence-electron chi connectivity index (χ0n) is 13.0. The average molecular weight is 314 g/mol. The topological polar surface area (TPSA) is 58.1 Å². The number of carbonyl (C=O) groups excluding carboxylic acids is 1. The molecule has 1 aromatic carbocycles. The highest BCUT2D eigenvalue weighted by Gasteiger charge is 2.18. The Hall–Kier alpha value is -2.50. The van der Waals surface area contributed by atoms with Crippen molar-refractivity contribution in [2.24, 2.45) is 5.92 Å². The standard InChI is InChI=1S/C17H19FN4O/c1-12-6-8-22(9-7-12)17-19-10-13(11-20-17)16(23)21-15-4-2-14(18)3-5-15/h2-5,10-12H,6-9H2,1H3,(H,21,23). The van der Waals surface area contributed by atoms with Gasteiger partial charge in [0.05, 0.1) is 5.56 Å². The minimum Gasteiger partial charge on any atom is -0.341 e. The van der Waals surface area contributed by atoms with Crippen molar-refractivity contribution in [2.45, 2.75) is 19.8 Å². The molecule has 1 N–H and O–H groups in total. The van der Waals surface area contributed by atoms with Gasteiger partial charge in [0.2, 0.25) is 5.95 Å². The second-order valence-corrected chi connectivity index (χ2v) is 5.90. The van der Waals surface area contributed by atoms with Crippen molar-refractivity contribution >= 4 is 17.5 Å². The van der Waals surface area contributed by atoms with Crippen LogP contribution in [0.2, 0.25) is 0 Å². The number of amides is 1. The molecule has 5 nitrogen and oxygen atoms in total. The Morgan fingerprint density at radius 1 is 1.17 bits per heavy atom. The smallest absolute Gasteiger partial charge is 0.258 e. The molecular formula is C17H19FN4O. The molecule has 0 aliphatic carbocycles. The van der Waals surface area contributed by atoms with E-state index < -0.39 is 0 Å². The molecule has 2 heterocycles. The van der Waals surface area contributed by atoms with Crippen molar-refractivity contribution < 1.29 is 9.18 Å². The molecule has 0 unspecified atom stereocenters. The maximum absolute atomic E-state index is 12.9. The van der Waals surface area contributed by atoms with Gasteiger partial charge in [-0.1, -0.05) is 6.92 Å². The van der Waals surface area contributed by atoms with E-state index >= 15 is 0 Å². The number of nitrogens with one attached hydrogen (secondary N) is 1. The second-order valence-electron chi connectivity index (χ2n) is 5.90. The normalized spacial score (nSPS) is 15.5. The minimum atomic E-state index is -0.341. The van der Waals surface area contributed by atoms with E-state index in [1.54, 1.807) is 0 Å². The van der Waals surface area contributed by atoms with E-state index in [9.17, 15) is 9.18 Å². The van der Waals surface area contributed by atoms with Crippen LogP contribution in [0, 0.1) is 11.7 Å². The molecule has 1 aliphatic heterocycles. The number of hydrogen-bond donors (Lipinski definition) is 1. The highest BCUT2D eigenvalue weighted by molar-refractivity contribution is 6.03. The van der Waals surface area contributed by atoms with Gasteiger partial charge < -0.3 is 10.2 Å². The number of nitrogens with zero attached hydrogens (tertiary/aromatic N) is 3. The summed E-state index contributed by atoms with van der Waals surface area (Å²) in [5.41, 5.74) is 0.911. The van der Waals surface area contributed by atoms with Crippen LogP contribution in [-0.2, 0) is 0 Å². The Morgan fingerprint density at radius 2 is 1.78 bits per heavy atom. The van der Waals surface area contributed by atoms with Gasteiger partial charge in [-0.25, -0.2) is 14.4 Å². The van der Waals surface area contributed by atoms with Crippen LogP contribution in [-0.4, -0.2) is 29.0 Å². The number of anilines is 2. The maximum atomic E-state index is 12.9. The lowest BCUT2D eigenvalue weighted by Gasteiger charge is -2.30. The molecule has 2 aromatic rings. The fraction of sp³-hybridized carbons (Fsp3) is 0.353. The number of hydrogen-bond acceptors (Lipinski definition) is 4. The van der Waals surface area contributed by atoms with E-state index in [4.69, 9.17) is 0 Å². The van der Waals surface area contributed by atoms with Crippen LogP contribution in [0.5, 0.6) is 0 Å². The summed E-state index contributed by atoms with van der Waals surface area (Å²) in [5, 5.41) is 2.69. The molecule has 1 aliphatic rings. The average Bonchev–Trinajstić information content (AvgIpc) is 2.58. The van der Waals surface area contributed by atoms with Gasteiger partial charge >= 0.3 is 0 Å². The van der Waals surface area contributed by atoms with Gasteiger partial charge in [-0.15, -0.1) is 0 Å². The molecule has 1 fully saturated rings. The Morgan fingerprint density at radius 3 is 2.39 bits per heavy atom. The lowest BCUT2D eigenvalue weighted by atomic mass is 10.00. The van der Waals surface area contributed by atoms with Crippen LogP contribution in [0.25, 0.3) is 0 Å². The van der Waals surface area contributed by atoms with Crippen LogP contribution in [0.1, 0.15) is 30.1 Å². The van der Waals surface area contributed by atoms with Crippen molar-refractivity contribution in [1.29, 1.82) is 0 Å². The minimum absolute atomic E-state index is 0.310. The van der Waals surface area contributed by atoms with Crippen LogP contribution in [0.15, 0.2) is 36.7 Å².